The highest BCUT2D eigenvalue weighted by Crippen LogP contribution is 2.28. The van der Waals surface area contributed by atoms with Crippen LogP contribution in [0.5, 0.6) is 5.75 Å². The number of aromatic nitrogens is 7. The number of nitrogens with one attached hydrogen (secondary N) is 1. The van der Waals surface area contributed by atoms with Gasteiger partial charge in [0.05, 0.1) is 16.4 Å². The van der Waals surface area contributed by atoms with E-state index in [-0.39, 0.29) is 0 Å². The minimum atomic E-state index is 0.492. The Labute approximate surface area is 197 Å². The van der Waals surface area contributed by atoms with E-state index in [9.17, 15) is 0 Å². The SMILES string of the molecule is CCc1cnc(C)nc1.c1cc(-n2cnnn2)ccc1OCc1csc(C2CCNCC2)n1. The van der Waals surface area contributed by atoms with E-state index in [0.717, 1.165) is 42.5 Å². The van der Waals surface area contributed by atoms with Gasteiger partial charge in [0.2, 0.25) is 0 Å². The van der Waals surface area contributed by atoms with Crippen molar-refractivity contribution in [3.8, 4) is 11.4 Å². The number of piperidine rings is 1. The number of thiazole rings is 1. The summed E-state index contributed by atoms with van der Waals surface area (Å²) in [6.45, 7) is 6.65. The number of tetrazole rings is 1. The summed E-state index contributed by atoms with van der Waals surface area (Å²) in [6, 6.07) is 7.68. The van der Waals surface area contributed by atoms with Crippen molar-refractivity contribution in [1.29, 1.82) is 0 Å². The Morgan fingerprint density at radius 3 is 2.55 bits per heavy atom. The van der Waals surface area contributed by atoms with Gasteiger partial charge in [-0.25, -0.2) is 19.6 Å². The molecule has 1 aliphatic rings. The molecule has 1 aliphatic heterocycles. The van der Waals surface area contributed by atoms with Gasteiger partial charge in [-0.15, -0.1) is 16.4 Å². The number of hydrogen-bond donors (Lipinski definition) is 1. The summed E-state index contributed by atoms with van der Waals surface area (Å²) >= 11 is 1.75. The van der Waals surface area contributed by atoms with Crippen LogP contribution in [0.4, 0.5) is 0 Å². The average molecular weight is 465 g/mol. The predicted octanol–water partition coefficient (Wildman–Crippen LogP) is 3.51. The molecule has 0 saturated carbocycles. The minimum Gasteiger partial charge on any atom is -0.487 e. The van der Waals surface area contributed by atoms with Crippen molar-refractivity contribution in [1.82, 2.24) is 40.5 Å². The lowest BCUT2D eigenvalue weighted by Crippen LogP contribution is -2.26. The maximum atomic E-state index is 5.84. The van der Waals surface area contributed by atoms with Crippen LogP contribution in [-0.2, 0) is 13.0 Å². The molecule has 1 aromatic carbocycles. The molecule has 10 heteroatoms. The van der Waals surface area contributed by atoms with E-state index in [2.05, 4.69) is 43.1 Å². The third-order valence-electron chi connectivity index (χ3n) is 5.34. The molecular formula is C23H28N8OS. The molecule has 1 N–H and O–H groups in total. The first-order chi connectivity index (χ1) is 16.2. The topological polar surface area (TPSA) is 104 Å². The number of ether oxygens (including phenoxy) is 1. The molecule has 3 aromatic heterocycles. The van der Waals surface area contributed by atoms with Crippen LogP contribution in [-0.4, -0.2) is 48.2 Å². The van der Waals surface area contributed by atoms with E-state index in [1.165, 1.54) is 23.4 Å². The number of rotatable bonds is 6. The molecular weight excluding hydrogens is 436 g/mol. The maximum absolute atomic E-state index is 5.84. The van der Waals surface area contributed by atoms with E-state index in [1.807, 2.05) is 43.6 Å². The van der Waals surface area contributed by atoms with Gasteiger partial charge >= 0.3 is 0 Å². The lowest BCUT2D eigenvalue weighted by molar-refractivity contribution is 0.301. The second kappa shape index (κ2) is 11.6. The highest BCUT2D eigenvalue weighted by Gasteiger charge is 2.18. The standard InChI is InChI=1S/C16H18N6OS.C7H10N2/c1-3-15(4-2-14(1)22-11-18-20-21-22)23-9-13-10-24-16(19-13)12-5-7-17-8-6-12;1-3-7-4-8-6(2)9-5-7/h1-4,10-12,17H,5-9H2;4-5H,3H2,1-2H3. The van der Waals surface area contributed by atoms with Crippen LogP contribution in [0.3, 0.4) is 0 Å². The number of aryl methyl sites for hydroxylation is 2. The van der Waals surface area contributed by atoms with Gasteiger partial charge in [-0.3, -0.25) is 0 Å². The smallest absolute Gasteiger partial charge is 0.143 e. The Morgan fingerprint density at radius 2 is 1.88 bits per heavy atom. The minimum absolute atomic E-state index is 0.492. The number of nitrogens with zero attached hydrogens (tertiary/aromatic N) is 7. The van der Waals surface area contributed by atoms with Crippen molar-refractivity contribution < 1.29 is 4.74 Å². The van der Waals surface area contributed by atoms with Crippen molar-refractivity contribution in [2.45, 2.75) is 45.6 Å². The van der Waals surface area contributed by atoms with Gasteiger partial charge in [0, 0.05) is 23.7 Å². The molecule has 4 aromatic rings. The lowest BCUT2D eigenvalue weighted by atomic mass is 9.99. The first-order valence-corrected chi connectivity index (χ1v) is 12.0. The molecule has 172 valence electrons. The molecule has 0 atom stereocenters. The van der Waals surface area contributed by atoms with E-state index in [4.69, 9.17) is 9.72 Å². The average Bonchev–Trinajstić information content (AvgIpc) is 3.57. The normalized spacial score (nSPS) is 13.9. The molecule has 9 nitrogen and oxygen atoms in total. The third-order valence-corrected chi connectivity index (χ3v) is 6.39. The first-order valence-electron chi connectivity index (χ1n) is 11.1. The molecule has 0 amide bonds. The maximum Gasteiger partial charge on any atom is 0.143 e. The fourth-order valence-corrected chi connectivity index (χ4v) is 4.35. The Balaban J connectivity index is 0.000000243. The molecule has 5 rings (SSSR count). The largest absolute Gasteiger partial charge is 0.487 e. The molecule has 33 heavy (non-hydrogen) atoms. The van der Waals surface area contributed by atoms with Crippen molar-refractivity contribution in [3.05, 3.63) is 70.5 Å². The van der Waals surface area contributed by atoms with Crippen LogP contribution in [0.25, 0.3) is 5.69 Å². The van der Waals surface area contributed by atoms with E-state index < -0.39 is 0 Å². The van der Waals surface area contributed by atoms with Gasteiger partial charge in [0.25, 0.3) is 0 Å². The van der Waals surface area contributed by atoms with Gasteiger partial charge in [-0.1, -0.05) is 6.92 Å². The van der Waals surface area contributed by atoms with Crippen LogP contribution in [0.1, 0.15) is 47.8 Å². The van der Waals surface area contributed by atoms with Gasteiger partial charge in [0.1, 0.15) is 24.5 Å². The molecule has 0 aliphatic carbocycles. The fourth-order valence-electron chi connectivity index (χ4n) is 3.38. The zero-order valence-corrected chi connectivity index (χ0v) is 19.7. The highest BCUT2D eigenvalue weighted by atomic mass is 32.1. The molecule has 1 fully saturated rings. The Morgan fingerprint density at radius 1 is 1.12 bits per heavy atom. The Kier molecular flexibility index (Phi) is 8.04. The molecule has 1 saturated heterocycles. The second-order valence-electron chi connectivity index (χ2n) is 7.73. The highest BCUT2D eigenvalue weighted by molar-refractivity contribution is 7.09. The van der Waals surface area contributed by atoms with Crippen molar-refractivity contribution in [2.75, 3.05) is 13.1 Å². The van der Waals surface area contributed by atoms with Crippen molar-refractivity contribution in [3.63, 3.8) is 0 Å². The van der Waals surface area contributed by atoms with Crippen LogP contribution in [0.2, 0.25) is 0 Å². The Hall–Kier alpha value is -3.24. The zero-order chi connectivity index (χ0) is 22.9. The fraction of sp³-hybridized carbons (Fsp3) is 0.391. The van der Waals surface area contributed by atoms with Crippen molar-refractivity contribution >= 4 is 11.3 Å². The van der Waals surface area contributed by atoms with Crippen molar-refractivity contribution in [2.24, 2.45) is 0 Å². The summed E-state index contributed by atoms with van der Waals surface area (Å²) in [4.78, 5) is 12.8. The number of benzene rings is 1. The van der Waals surface area contributed by atoms with Gasteiger partial charge in [-0.05, 0) is 79.5 Å². The molecule has 0 unspecified atom stereocenters. The lowest BCUT2D eigenvalue weighted by Gasteiger charge is -2.20. The molecule has 0 bridgehead atoms. The van der Waals surface area contributed by atoms with E-state index in [1.54, 1.807) is 22.3 Å². The van der Waals surface area contributed by atoms with Crippen LogP contribution >= 0.6 is 11.3 Å². The summed E-state index contributed by atoms with van der Waals surface area (Å²) in [7, 11) is 0. The first kappa shape index (κ1) is 22.9. The summed E-state index contributed by atoms with van der Waals surface area (Å²) in [6.07, 6.45) is 8.65. The van der Waals surface area contributed by atoms with Gasteiger partial charge in [-0.2, -0.15) is 0 Å². The summed E-state index contributed by atoms with van der Waals surface area (Å²) in [5.74, 6) is 2.25. The van der Waals surface area contributed by atoms with Crippen LogP contribution in [0.15, 0.2) is 48.4 Å². The summed E-state index contributed by atoms with van der Waals surface area (Å²) < 4.78 is 7.44. The third kappa shape index (κ3) is 6.62. The molecule has 0 radical (unpaired) electrons. The Bertz CT molecular complexity index is 1090. The van der Waals surface area contributed by atoms with E-state index >= 15 is 0 Å². The number of hydrogen-bond acceptors (Lipinski definition) is 9. The van der Waals surface area contributed by atoms with E-state index in [0.29, 0.717) is 12.5 Å². The van der Waals surface area contributed by atoms with Gasteiger partial charge in [0.15, 0.2) is 0 Å². The molecule has 4 heterocycles. The van der Waals surface area contributed by atoms with Crippen LogP contribution < -0.4 is 10.1 Å². The quantitative estimate of drug-likeness (QED) is 0.462. The van der Waals surface area contributed by atoms with Gasteiger partial charge < -0.3 is 10.1 Å². The molecule has 0 spiro atoms. The summed E-state index contributed by atoms with van der Waals surface area (Å²) in [5, 5.41) is 17.8. The zero-order valence-electron chi connectivity index (χ0n) is 18.9. The van der Waals surface area contributed by atoms with Crippen LogP contribution in [0, 0.1) is 6.92 Å². The monoisotopic (exact) mass is 464 g/mol. The summed E-state index contributed by atoms with van der Waals surface area (Å²) in [5.41, 5.74) is 3.09. The predicted molar refractivity (Wildman–Crippen MR) is 127 cm³/mol. The second-order valence-corrected chi connectivity index (χ2v) is 8.62.